The highest BCUT2D eigenvalue weighted by atomic mass is 32.2. The van der Waals surface area contributed by atoms with Crippen LogP contribution < -0.4 is 4.74 Å². The van der Waals surface area contributed by atoms with E-state index in [1.807, 2.05) is 0 Å². The first kappa shape index (κ1) is 21.2. The lowest BCUT2D eigenvalue weighted by atomic mass is 10.2. The Morgan fingerprint density at radius 1 is 1.10 bits per heavy atom. The predicted molar refractivity (Wildman–Crippen MR) is 98.2 cm³/mol. The highest BCUT2D eigenvalue weighted by molar-refractivity contribution is 7.89. The fourth-order valence-corrected chi connectivity index (χ4v) is 4.17. The van der Waals surface area contributed by atoms with Crippen molar-refractivity contribution in [3.63, 3.8) is 0 Å². The molecule has 1 fully saturated rings. The Bertz CT molecular complexity index is 943. The first-order valence-electron chi connectivity index (χ1n) is 8.75. The van der Waals surface area contributed by atoms with Crippen LogP contribution in [0.5, 0.6) is 5.75 Å². The zero-order valence-electron chi connectivity index (χ0n) is 15.3. The SMILES string of the molecule is O=C(OCc1ccc(OC(F)F)cc1)c1cccc(S(=O)(=O)N2CCOCC2)c1. The molecule has 2 aromatic rings. The summed E-state index contributed by atoms with van der Waals surface area (Å²) < 4.78 is 65.6. The smallest absolute Gasteiger partial charge is 0.387 e. The number of halogens is 2. The van der Waals surface area contributed by atoms with Crippen LogP contribution >= 0.6 is 0 Å². The molecule has 156 valence electrons. The van der Waals surface area contributed by atoms with Gasteiger partial charge in [-0.25, -0.2) is 13.2 Å². The van der Waals surface area contributed by atoms with Gasteiger partial charge < -0.3 is 14.2 Å². The number of hydrogen-bond acceptors (Lipinski definition) is 6. The number of sulfonamides is 1. The van der Waals surface area contributed by atoms with Gasteiger partial charge in [0.2, 0.25) is 10.0 Å². The Hall–Kier alpha value is -2.56. The van der Waals surface area contributed by atoms with Crippen LogP contribution in [0.3, 0.4) is 0 Å². The van der Waals surface area contributed by atoms with Crippen LogP contribution in [0.1, 0.15) is 15.9 Å². The van der Waals surface area contributed by atoms with Crippen molar-refractivity contribution in [1.82, 2.24) is 4.31 Å². The van der Waals surface area contributed by atoms with Crippen LogP contribution in [0.2, 0.25) is 0 Å². The van der Waals surface area contributed by atoms with E-state index < -0.39 is 22.6 Å². The minimum absolute atomic E-state index is 0.00218. The van der Waals surface area contributed by atoms with Crippen molar-refractivity contribution < 1.29 is 36.2 Å². The van der Waals surface area contributed by atoms with Crippen LogP contribution in [-0.2, 0) is 26.1 Å². The summed E-state index contributed by atoms with van der Waals surface area (Å²) in [6.45, 7) is -1.87. The van der Waals surface area contributed by atoms with Crippen LogP contribution in [-0.4, -0.2) is 51.6 Å². The molecule has 0 radical (unpaired) electrons. The second kappa shape index (κ2) is 9.29. The van der Waals surface area contributed by atoms with Crippen LogP contribution in [0.15, 0.2) is 53.4 Å². The third kappa shape index (κ3) is 5.49. The van der Waals surface area contributed by atoms with E-state index in [0.29, 0.717) is 18.8 Å². The molecule has 1 saturated heterocycles. The van der Waals surface area contributed by atoms with Crippen molar-refractivity contribution in [3.05, 3.63) is 59.7 Å². The lowest BCUT2D eigenvalue weighted by molar-refractivity contribution is -0.0498. The Balaban J connectivity index is 1.65. The molecule has 0 saturated carbocycles. The summed E-state index contributed by atoms with van der Waals surface area (Å²) in [7, 11) is -3.73. The second-order valence-corrected chi connectivity index (χ2v) is 8.08. The van der Waals surface area contributed by atoms with Crippen molar-refractivity contribution in [2.45, 2.75) is 18.1 Å². The van der Waals surface area contributed by atoms with Crippen molar-refractivity contribution in [2.75, 3.05) is 26.3 Å². The lowest BCUT2D eigenvalue weighted by Crippen LogP contribution is -2.40. The van der Waals surface area contributed by atoms with E-state index in [1.54, 1.807) is 0 Å². The molecule has 0 bridgehead atoms. The zero-order chi connectivity index (χ0) is 20.9. The quantitative estimate of drug-likeness (QED) is 0.632. The number of ether oxygens (including phenoxy) is 3. The monoisotopic (exact) mass is 427 g/mol. The van der Waals surface area contributed by atoms with Crippen LogP contribution in [0.4, 0.5) is 8.78 Å². The van der Waals surface area contributed by atoms with E-state index >= 15 is 0 Å². The summed E-state index contributed by atoms with van der Waals surface area (Å²) in [6, 6.07) is 11.3. The van der Waals surface area contributed by atoms with Gasteiger partial charge in [0.1, 0.15) is 12.4 Å². The predicted octanol–water partition coefficient (Wildman–Crippen LogP) is 2.67. The minimum Gasteiger partial charge on any atom is -0.457 e. The molecule has 1 aliphatic rings. The first-order valence-corrected chi connectivity index (χ1v) is 10.2. The summed E-state index contributed by atoms with van der Waals surface area (Å²) in [5.41, 5.74) is 0.661. The Kier molecular flexibility index (Phi) is 6.78. The molecule has 2 aromatic carbocycles. The van der Waals surface area contributed by atoms with Gasteiger partial charge in [-0.3, -0.25) is 0 Å². The largest absolute Gasteiger partial charge is 0.457 e. The topological polar surface area (TPSA) is 82.1 Å². The standard InChI is InChI=1S/C19H19F2NO6S/c20-19(21)28-16-6-4-14(5-7-16)13-27-18(23)15-2-1-3-17(12-15)29(24,25)22-8-10-26-11-9-22/h1-7,12,19H,8-11,13H2. The van der Waals surface area contributed by atoms with E-state index in [-0.39, 0.29) is 35.9 Å². The molecule has 1 heterocycles. The maximum atomic E-state index is 12.7. The summed E-state index contributed by atoms with van der Waals surface area (Å²) >= 11 is 0. The van der Waals surface area contributed by atoms with Crippen molar-refractivity contribution in [2.24, 2.45) is 0 Å². The number of nitrogens with zero attached hydrogens (tertiary/aromatic N) is 1. The van der Waals surface area contributed by atoms with Gasteiger partial charge in [0.25, 0.3) is 0 Å². The number of rotatable bonds is 7. The molecule has 0 spiro atoms. The molecule has 7 nitrogen and oxygen atoms in total. The van der Waals surface area contributed by atoms with Gasteiger partial charge in [0, 0.05) is 13.1 Å². The number of esters is 1. The van der Waals surface area contributed by atoms with E-state index in [2.05, 4.69) is 4.74 Å². The molecule has 1 aliphatic heterocycles. The molecule has 0 amide bonds. The molecule has 0 aliphatic carbocycles. The first-order chi connectivity index (χ1) is 13.9. The number of carbonyl (C=O) groups excluding carboxylic acids is 1. The number of hydrogen-bond donors (Lipinski definition) is 0. The van der Waals surface area contributed by atoms with Crippen molar-refractivity contribution >= 4 is 16.0 Å². The van der Waals surface area contributed by atoms with Gasteiger partial charge in [0.05, 0.1) is 23.7 Å². The average molecular weight is 427 g/mol. The maximum Gasteiger partial charge on any atom is 0.387 e. The summed E-state index contributed by atoms with van der Waals surface area (Å²) in [4.78, 5) is 12.3. The highest BCUT2D eigenvalue weighted by Crippen LogP contribution is 2.20. The summed E-state index contributed by atoms with van der Waals surface area (Å²) in [5, 5.41) is 0. The minimum atomic E-state index is -3.73. The number of carbonyl (C=O) groups is 1. The van der Waals surface area contributed by atoms with Crippen molar-refractivity contribution in [3.8, 4) is 5.75 Å². The van der Waals surface area contributed by atoms with Crippen LogP contribution in [0, 0.1) is 0 Å². The van der Waals surface area contributed by atoms with Gasteiger partial charge in [-0.05, 0) is 35.9 Å². The molecule has 0 unspecified atom stereocenters. The van der Waals surface area contributed by atoms with Crippen molar-refractivity contribution in [1.29, 1.82) is 0 Å². The van der Waals surface area contributed by atoms with E-state index in [0.717, 1.165) is 0 Å². The van der Waals surface area contributed by atoms with Gasteiger partial charge in [-0.1, -0.05) is 18.2 Å². The molecule has 0 N–H and O–H groups in total. The fraction of sp³-hybridized carbons (Fsp3) is 0.316. The third-order valence-corrected chi connectivity index (χ3v) is 6.09. The highest BCUT2D eigenvalue weighted by Gasteiger charge is 2.27. The van der Waals surface area contributed by atoms with E-state index in [1.165, 1.54) is 52.8 Å². The summed E-state index contributed by atoms with van der Waals surface area (Å²) in [6.07, 6.45) is 0. The number of alkyl halides is 2. The van der Waals surface area contributed by atoms with E-state index in [9.17, 15) is 22.0 Å². The van der Waals surface area contributed by atoms with Gasteiger partial charge in [-0.2, -0.15) is 13.1 Å². The molecule has 3 rings (SSSR count). The molecular formula is C19H19F2NO6S. The van der Waals surface area contributed by atoms with Gasteiger partial charge in [0.15, 0.2) is 0 Å². The van der Waals surface area contributed by atoms with Gasteiger partial charge >= 0.3 is 12.6 Å². The molecule has 0 atom stereocenters. The van der Waals surface area contributed by atoms with Gasteiger partial charge in [-0.15, -0.1) is 0 Å². The zero-order valence-corrected chi connectivity index (χ0v) is 16.1. The normalized spacial score (nSPS) is 15.3. The Morgan fingerprint density at radius 3 is 2.45 bits per heavy atom. The average Bonchev–Trinajstić information content (AvgIpc) is 2.73. The third-order valence-electron chi connectivity index (χ3n) is 4.20. The molecule has 29 heavy (non-hydrogen) atoms. The fourth-order valence-electron chi connectivity index (χ4n) is 2.72. The Morgan fingerprint density at radius 2 is 1.79 bits per heavy atom. The number of benzene rings is 2. The maximum absolute atomic E-state index is 12.7. The van der Waals surface area contributed by atoms with Crippen LogP contribution in [0.25, 0.3) is 0 Å². The van der Waals surface area contributed by atoms with E-state index in [4.69, 9.17) is 9.47 Å². The molecule has 0 aromatic heterocycles. The number of morpholine rings is 1. The molecule has 10 heteroatoms. The second-order valence-electron chi connectivity index (χ2n) is 6.14. The summed E-state index contributed by atoms with van der Waals surface area (Å²) in [5.74, 6) is -0.701. The Labute approximate surface area is 166 Å². The molecular weight excluding hydrogens is 408 g/mol. The lowest BCUT2D eigenvalue weighted by Gasteiger charge is -2.26.